The third-order valence-electron chi connectivity index (χ3n) is 0.0373. The van der Waals surface area contributed by atoms with Crippen LogP contribution in [0.1, 0.15) is 0 Å². The van der Waals surface area contributed by atoms with Crippen LogP contribution in [0.5, 0.6) is 0 Å². The van der Waals surface area contributed by atoms with Crippen molar-refractivity contribution < 1.29 is 35.4 Å². The molecule has 0 aliphatic heterocycles. The SMILES string of the molecule is O=[C-]OO.[Na].[Pd]. The standard InChI is InChI=1S/CHO3.Na.Pd/c2-1-4-3;;/h3H;;/q-1;;. The molecule has 0 atom stereocenters. The Bertz CT molecular complexity index is 24.8. The van der Waals surface area contributed by atoms with Crippen molar-refractivity contribution >= 4 is 36.0 Å². The molecule has 0 aromatic rings. The number of rotatable bonds is 1. The second-order valence-corrected chi connectivity index (χ2v) is 0.175. The summed E-state index contributed by atoms with van der Waals surface area (Å²) in [7, 11) is 0. The van der Waals surface area contributed by atoms with Crippen molar-refractivity contribution in [2.24, 2.45) is 0 Å². The Hall–Kier alpha value is 1.09. The summed E-state index contributed by atoms with van der Waals surface area (Å²) in [5.41, 5.74) is 0. The van der Waals surface area contributed by atoms with Crippen molar-refractivity contribution in [3.8, 4) is 0 Å². The van der Waals surface area contributed by atoms with Crippen molar-refractivity contribution in [1.29, 1.82) is 0 Å². The average molecular weight is 190 g/mol. The zero-order valence-corrected chi connectivity index (χ0v) is 6.63. The topological polar surface area (TPSA) is 46.5 Å². The van der Waals surface area contributed by atoms with Crippen LogP contribution in [0.15, 0.2) is 0 Å². The van der Waals surface area contributed by atoms with E-state index in [0.29, 0.717) is 0 Å². The van der Waals surface area contributed by atoms with Crippen LogP contribution in [0.25, 0.3) is 0 Å². The fourth-order valence-corrected chi connectivity index (χ4v) is 0. The first kappa shape index (κ1) is 15.7. The van der Waals surface area contributed by atoms with Gasteiger partial charge in [0.1, 0.15) is 0 Å². The minimum absolute atomic E-state index is 0. The smallest absolute Gasteiger partial charge is 0 e. The maximum absolute atomic E-state index is 8.58. The van der Waals surface area contributed by atoms with Crippen molar-refractivity contribution in [2.45, 2.75) is 0 Å². The van der Waals surface area contributed by atoms with E-state index >= 15 is 0 Å². The van der Waals surface area contributed by atoms with Crippen LogP contribution < -0.4 is 0 Å². The van der Waals surface area contributed by atoms with Gasteiger partial charge in [-0.05, 0) is 6.47 Å². The first-order valence-electron chi connectivity index (χ1n) is 0.591. The van der Waals surface area contributed by atoms with E-state index in [9.17, 15) is 0 Å². The van der Waals surface area contributed by atoms with E-state index in [2.05, 4.69) is 4.89 Å². The van der Waals surface area contributed by atoms with Gasteiger partial charge < -0.3 is 9.68 Å². The van der Waals surface area contributed by atoms with Gasteiger partial charge in [-0.15, -0.1) is 0 Å². The van der Waals surface area contributed by atoms with Gasteiger partial charge in [0.25, 0.3) is 0 Å². The summed E-state index contributed by atoms with van der Waals surface area (Å²) >= 11 is 0. The minimum atomic E-state index is 0. The molecule has 5 heteroatoms. The maximum atomic E-state index is 8.58. The van der Waals surface area contributed by atoms with E-state index in [-0.39, 0.29) is 50.0 Å². The monoisotopic (exact) mass is 190 g/mol. The van der Waals surface area contributed by atoms with Gasteiger partial charge in [-0.2, -0.15) is 0 Å². The molecule has 0 rings (SSSR count). The molecule has 0 saturated heterocycles. The van der Waals surface area contributed by atoms with Gasteiger partial charge in [-0.3, -0.25) is 0 Å². The minimum Gasteiger partial charge on any atom is -0.509 e. The van der Waals surface area contributed by atoms with E-state index < -0.39 is 0 Å². The Morgan fingerprint density at radius 3 is 1.83 bits per heavy atom. The van der Waals surface area contributed by atoms with Crippen LogP contribution in [0.3, 0.4) is 0 Å². The molecule has 3 nitrogen and oxygen atoms in total. The fourth-order valence-electron chi connectivity index (χ4n) is 0. The normalized spacial score (nSPS) is 3.50. The van der Waals surface area contributed by atoms with Crippen LogP contribution in [0.4, 0.5) is 0 Å². The van der Waals surface area contributed by atoms with Gasteiger partial charge in [-0.25, -0.2) is 5.26 Å². The van der Waals surface area contributed by atoms with Crippen molar-refractivity contribution in [3.05, 3.63) is 0 Å². The zero-order chi connectivity index (χ0) is 3.41. The number of hydrogen-bond donors (Lipinski definition) is 1. The van der Waals surface area contributed by atoms with Crippen LogP contribution in [0.2, 0.25) is 0 Å². The number of carbonyl (C=O) groups excluding carboxylic acids is 1. The van der Waals surface area contributed by atoms with Crippen LogP contribution >= 0.6 is 0 Å². The molecule has 0 aromatic heterocycles. The zero-order valence-electron chi connectivity index (χ0n) is 3.08. The summed E-state index contributed by atoms with van der Waals surface area (Å²) in [5.74, 6) is 0. The summed E-state index contributed by atoms with van der Waals surface area (Å²) in [5, 5.41) is 6.95. The predicted molar refractivity (Wildman–Crippen MR) is 15.2 cm³/mol. The van der Waals surface area contributed by atoms with Gasteiger partial charge in [-0.1, -0.05) is 0 Å². The van der Waals surface area contributed by atoms with Crippen molar-refractivity contribution in [2.75, 3.05) is 0 Å². The van der Waals surface area contributed by atoms with Crippen molar-refractivity contribution in [3.63, 3.8) is 0 Å². The molecule has 0 amide bonds. The first-order chi connectivity index (χ1) is 1.91. The molecule has 35 valence electrons. The summed E-state index contributed by atoms with van der Waals surface area (Å²) in [4.78, 5) is 11.3. The largest absolute Gasteiger partial charge is 0.509 e. The number of hydrogen-bond acceptors (Lipinski definition) is 3. The van der Waals surface area contributed by atoms with Crippen molar-refractivity contribution in [1.82, 2.24) is 0 Å². The fraction of sp³-hybridized carbons (Fsp3) is 0. The van der Waals surface area contributed by atoms with Gasteiger partial charge in [0.2, 0.25) is 0 Å². The molecule has 1 radical (unpaired) electrons. The average Bonchev–Trinajstić information content (AvgIpc) is 1.37. The van der Waals surface area contributed by atoms with Crippen LogP contribution in [-0.2, 0) is 30.1 Å². The van der Waals surface area contributed by atoms with Crippen LogP contribution in [-0.4, -0.2) is 41.3 Å². The molecule has 0 aliphatic carbocycles. The molecule has 0 aliphatic rings. The van der Waals surface area contributed by atoms with Gasteiger partial charge in [0, 0.05) is 50.0 Å². The van der Waals surface area contributed by atoms with Gasteiger partial charge >= 0.3 is 0 Å². The Balaban J connectivity index is -0.0000000450. The molecule has 0 spiro atoms. The third kappa shape index (κ3) is 19.5. The molecule has 0 fully saturated rings. The van der Waals surface area contributed by atoms with Crippen LogP contribution in [0, 0.1) is 0 Å². The maximum Gasteiger partial charge on any atom is 0 e. The summed E-state index contributed by atoms with van der Waals surface area (Å²) in [6.07, 6.45) is 0. The molecule has 0 heterocycles. The summed E-state index contributed by atoms with van der Waals surface area (Å²) < 4.78 is 0. The van der Waals surface area contributed by atoms with E-state index in [1.807, 2.05) is 0 Å². The third-order valence-corrected chi connectivity index (χ3v) is 0.0373. The Morgan fingerprint density at radius 2 is 1.83 bits per heavy atom. The second kappa shape index (κ2) is 16.5. The molecular weight excluding hydrogens is 189 g/mol. The van der Waals surface area contributed by atoms with Gasteiger partial charge in [0.05, 0.1) is 0 Å². The molecule has 0 bridgehead atoms. The molecule has 6 heavy (non-hydrogen) atoms. The predicted octanol–water partition coefficient (Wildman–Crippen LogP) is -0.840. The quantitative estimate of drug-likeness (QED) is 0.254. The molecule has 0 aromatic carbocycles. The van der Waals surface area contributed by atoms with Gasteiger partial charge in [0.15, 0.2) is 0 Å². The van der Waals surface area contributed by atoms with E-state index in [1.54, 1.807) is 0 Å². The Kier molecular flexibility index (Phi) is 43.3. The summed E-state index contributed by atoms with van der Waals surface area (Å²) in [6, 6.07) is 0. The molecule has 1 N–H and O–H groups in total. The van der Waals surface area contributed by atoms with E-state index in [1.165, 1.54) is 0 Å². The summed E-state index contributed by atoms with van der Waals surface area (Å²) in [6.45, 7) is 0.736. The molecule has 0 saturated carbocycles. The molecular formula is CHNaO3Pd-. The van der Waals surface area contributed by atoms with E-state index in [4.69, 9.17) is 10.1 Å². The second-order valence-electron chi connectivity index (χ2n) is 0.175. The Labute approximate surface area is 70.9 Å². The molecule has 0 unspecified atom stereocenters. The van der Waals surface area contributed by atoms with E-state index in [0.717, 1.165) is 6.47 Å². The Morgan fingerprint density at radius 1 is 1.67 bits per heavy atom. The first-order valence-corrected chi connectivity index (χ1v) is 0.591.